The fraction of sp³-hybridized carbons (Fsp3) is 0.409. The zero-order valence-corrected chi connectivity index (χ0v) is 16.0. The molecule has 0 spiro atoms. The molecule has 1 saturated heterocycles. The number of hydrogen-bond acceptors (Lipinski definition) is 4. The molecule has 26 heavy (non-hydrogen) atoms. The van der Waals surface area contributed by atoms with Gasteiger partial charge in [-0.05, 0) is 62.4 Å². The lowest BCUT2D eigenvalue weighted by molar-refractivity contribution is 0.0524. The quantitative estimate of drug-likeness (QED) is 0.736. The molecule has 4 nitrogen and oxygen atoms in total. The summed E-state index contributed by atoms with van der Waals surface area (Å²) in [6.45, 7) is 8.47. The smallest absolute Gasteiger partial charge is 0.338 e. The topological polar surface area (TPSA) is 41.6 Å². The molecule has 0 radical (unpaired) electrons. The molecule has 1 aliphatic rings. The van der Waals surface area contributed by atoms with E-state index in [-0.39, 0.29) is 5.97 Å². The Bertz CT molecular complexity index is 765. The average molecular weight is 352 g/mol. The second kappa shape index (κ2) is 8.26. The van der Waals surface area contributed by atoms with Gasteiger partial charge in [0, 0.05) is 18.8 Å². The minimum absolute atomic E-state index is 0.231. The molecule has 138 valence electrons. The number of benzene rings is 2. The number of nitrogens with zero attached hydrogens (tertiary/aromatic N) is 1. The molecule has 0 bridgehead atoms. The zero-order valence-electron chi connectivity index (χ0n) is 16.0. The van der Waals surface area contributed by atoms with Gasteiger partial charge in [-0.1, -0.05) is 25.1 Å². The van der Waals surface area contributed by atoms with Crippen molar-refractivity contribution in [1.29, 1.82) is 0 Å². The summed E-state index contributed by atoms with van der Waals surface area (Å²) in [6, 6.07) is 12.3. The first-order chi connectivity index (χ1) is 12.7. The lowest BCUT2D eigenvalue weighted by Crippen LogP contribution is -2.21. The first kappa shape index (κ1) is 18.3. The monoisotopic (exact) mass is 352 g/mol. The van der Waals surface area contributed by atoms with Gasteiger partial charge in [-0.15, -0.1) is 0 Å². The summed E-state index contributed by atoms with van der Waals surface area (Å²) in [4.78, 5) is 15.0. The van der Waals surface area contributed by atoms with Crippen molar-refractivity contribution in [3.8, 4) is 0 Å². The molecule has 1 aliphatic heterocycles. The fourth-order valence-electron chi connectivity index (χ4n) is 3.66. The zero-order chi connectivity index (χ0) is 18.5. The Labute approximate surface area is 156 Å². The van der Waals surface area contributed by atoms with Gasteiger partial charge >= 0.3 is 5.97 Å². The predicted molar refractivity (Wildman–Crippen MR) is 108 cm³/mol. The van der Waals surface area contributed by atoms with Gasteiger partial charge < -0.3 is 15.0 Å². The largest absolute Gasteiger partial charge is 0.462 e. The van der Waals surface area contributed by atoms with Gasteiger partial charge in [-0.2, -0.15) is 0 Å². The van der Waals surface area contributed by atoms with Crippen molar-refractivity contribution in [3.63, 3.8) is 0 Å². The first-order valence-electron chi connectivity index (χ1n) is 9.56. The van der Waals surface area contributed by atoms with Crippen LogP contribution < -0.4 is 10.2 Å². The van der Waals surface area contributed by atoms with Gasteiger partial charge in [-0.3, -0.25) is 0 Å². The molecule has 0 atom stereocenters. The molecule has 3 rings (SSSR count). The molecule has 2 aromatic rings. The lowest BCUT2D eigenvalue weighted by atomic mass is 9.96. The second-order valence-electron chi connectivity index (χ2n) is 6.69. The van der Waals surface area contributed by atoms with Crippen LogP contribution in [0, 0.1) is 6.92 Å². The maximum absolute atomic E-state index is 12.6. The highest BCUT2D eigenvalue weighted by Crippen LogP contribution is 2.38. The number of rotatable bonds is 6. The number of carbonyl (C=O) groups excluding carboxylic acids is 1. The molecule has 4 heteroatoms. The summed E-state index contributed by atoms with van der Waals surface area (Å²) in [5.41, 5.74) is 5.95. The van der Waals surface area contributed by atoms with Crippen molar-refractivity contribution in [2.75, 3.05) is 29.9 Å². The van der Waals surface area contributed by atoms with Crippen LogP contribution >= 0.6 is 0 Å². The highest BCUT2D eigenvalue weighted by atomic mass is 16.5. The number of anilines is 3. The van der Waals surface area contributed by atoms with E-state index < -0.39 is 0 Å². The minimum Gasteiger partial charge on any atom is -0.462 e. The highest BCUT2D eigenvalue weighted by molar-refractivity contribution is 5.97. The second-order valence-corrected chi connectivity index (χ2v) is 6.69. The Kier molecular flexibility index (Phi) is 5.82. The Morgan fingerprint density at radius 2 is 1.85 bits per heavy atom. The van der Waals surface area contributed by atoms with E-state index in [2.05, 4.69) is 23.2 Å². The van der Waals surface area contributed by atoms with Crippen LogP contribution in [0.3, 0.4) is 0 Å². The molecule has 0 aromatic heterocycles. The third kappa shape index (κ3) is 3.69. The maximum atomic E-state index is 12.6. The number of hydrogen-bond donors (Lipinski definition) is 1. The number of nitrogens with one attached hydrogen (secondary N) is 1. The number of aryl methyl sites for hydroxylation is 1. The third-order valence-corrected chi connectivity index (χ3v) is 4.99. The summed E-state index contributed by atoms with van der Waals surface area (Å²) in [7, 11) is 0. The summed E-state index contributed by atoms with van der Waals surface area (Å²) < 4.78 is 5.34. The fourth-order valence-corrected chi connectivity index (χ4v) is 3.66. The Hall–Kier alpha value is -2.49. The Morgan fingerprint density at radius 1 is 1.15 bits per heavy atom. The molecule has 1 fully saturated rings. The summed E-state index contributed by atoms with van der Waals surface area (Å²) in [5.74, 6) is -0.231. The molecule has 1 heterocycles. The summed E-state index contributed by atoms with van der Waals surface area (Å²) in [5, 5.41) is 3.56. The van der Waals surface area contributed by atoms with Gasteiger partial charge in [-0.25, -0.2) is 4.79 Å². The molecule has 2 aromatic carbocycles. The van der Waals surface area contributed by atoms with Gasteiger partial charge in [0.2, 0.25) is 0 Å². The summed E-state index contributed by atoms with van der Waals surface area (Å²) >= 11 is 0. The maximum Gasteiger partial charge on any atom is 0.338 e. The number of esters is 1. The van der Waals surface area contributed by atoms with Gasteiger partial charge in [0.15, 0.2) is 0 Å². The van der Waals surface area contributed by atoms with E-state index in [1.165, 1.54) is 18.5 Å². The molecule has 0 aliphatic carbocycles. The molecule has 0 saturated carbocycles. The number of ether oxygens (including phenoxy) is 1. The van der Waals surface area contributed by atoms with Crippen LogP contribution in [0.15, 0.2) is 36.4 Å². The normalized spacial score (nSPS) is 13.7. The molecular weight excluding hydrogens is 324 g/mol. The SMILES string of the molecule is CCOC(=O)c1c(CC)cc(N2CCCC2)c(Nc2ccccc2)c1C. The van der Waals surface area contributed by atoms with Crippen molar-refractivity contribution >= 4 is 23.0 Å². The highest BCUT2D eigenvalue weighted by Gasteiger charge is 2.24. The molecule has 1 N–H and O–H groups in total. The molecule has 0 unspecified atom stereocenters. The lowest BCUT2D eigenvalue weighted by Gasteiger charge is -2.26. The van der Waals surface area contributed by atoms with Crippen LogP contribution in [0.1, 0.15) is 48.2 Å². The van der Waals surface area contributed by atoms with Crippen molar-refractivity contribution in [2.24, 2.45) is 0 Å². The first-order valence-corrected chi connectivity index (χ1v) is 9.56. The van der Waals surface area contributed by atoms with Crippen molar-refractivity contribution in [2.45, 2.75) is 40.0 Å². The van der Waals surface area contributed by atoms with Gasteiger partial charge in [0.25, 0.3) is 0 Å². The average Bonchev–Trinajstić information content (AvgIpc) is 3.18. The van der Waals surface area contributed by atoms with Crippen LogP contribution in [0.5, 0.6) is 0 Å². The van der Waals surface area contributed by atoms with E-state index in [0.717, 1.165) is 42.0 Å². The van der Waals surface area contributed by atoms with Gasteiger partial charge in [0.1, 0.15) is 0 Å². The third-order valence-electron chi connectivity index (χ3n) is 4.99. The Morgan fingerprint density at radius 3 is 2.46 bits per heavy atom. The van der Waals surface area contributed by atoms with Crippen LogP contribution in [-0.4, -0.2) is 25.7 Å². The van der Waals surface area contributed by atoms with E-state index in [1.807, 2.05) is 44.2 Å². The minimum atomic E-state index is -0.231. The van der Waals surface area contributed by atoms with E-state index in [9.17, 15) is 4.79 Å². The molecular formula is C22H28N2O2. The van der Waals surface area contributed by atoms with E-state index >= 15 is 0 Å². The van der Waals surface area contributed by atoms with Crippen LogP contribution in [0.25, 0.3) is 0 Å². The number of para-hydroxylation sites is 1. The predicted octanol–water partition coefficient (Wildman–Crippen LogP) is 5.08. The van der Waals surface area contributed by atoms with E-state index in [0.29, 0.717) is 12.2 Å². The number of carbonyl (C=O) groups is 1. The standard InChI is InChI=1S/C22H28N2O2/c1-4-17-15-19(24-13-9-10-14-24)21(23-18-11-7-6-8-12-18)16(3)20(17)22(25)26-5-2/h6-8,11-12,15,23H,4-5,9-10,13-14H2,1-3H3. The van der Waals surface area contributed by atoms with Crippen LogP contribution in [0.2, 0.25) is 0 Å². The van der Waals surface area contributed by atoms with E-state index in [4.69, 9.17) is 4.74 Å². The van der Waals surface area contributed by atoms with Gasteiger partial charge in [0.05, 0.1) is 23.5 Å². The Balaban J connectivity index is 2.13. The summed E-state index contributed by atoms with van der Waals surface area (Å²) in [6.07, 6.45) is 3.23. The van der Waals surface area contributed by atoms with Crippen LogP contribution in [-0.2, 0) is 11.2 Å². The van der Waals surface area contributed by atoms with Crippen molar-refractivity contribution in [1.82, 2.24) is 0 Å². The molecule has 0 amide bonds. The van der Waals surface area contributed by atoms with E-state index in [1.54, 1.807) is 0 Å². The van der Waals surface area contributed by atoms with Crippen LogP contribution in [0.4, 0.5) is 17.1 Å². The van der Waals surface area contributed by atoms with Crippen molar-refractivity contribution < 1.29 is 9.53 Å². The van der Waals surface area contributed by atoms with Crippen molar-refractivity contribution in [3.05, 3.63) is 53.1 Å².